The molecule has 2 aromatic rings. The van der Waals surface area contributed by atoms with Crippen molar-refractivity contribution in [3.8, 4) is 0 Å². The zero-order valence-corrected chi connectivity index (χ0v) is 12.2. The molecule has 0 fully saturated rings. The Bertz CT molecular complexity index is 556. The zero-order valence-electron chi connectivity index (χ0n) is 8.21. The number of carbonyl (C=O) groups excluding carboxylic acids is 1. The summed E-state index contributed by atoms with van der Waals surface area (Å²) < 4.78 is 14.2. The molecule has 1 N–H and O–H groups in total. The van der Waals surface area contributed by atoms with Gasteiger partial charge in [0, 0.05) is 0 Å². The Balaban J connectivity index is 2.17. The molecular weight excluding hydrogens is 375 g/mol. The van der Waals surface area contributed by atoms with E-state index in [-0.39, 0.29) is 5.91 Å². The van der Waals surface area contributed by atoms with Crippen molar-refractivity contribution in [2.24, 2.45) is 0 Å². The molecule has 2 rings (SSSR count). The highest BCUT2D eigenvalue weighted by atomic mass is 79.9. The topological polar surface area (TPSA) is 42.0 Å². The highest BCUT2D eigenvalue weighted by Crippen LogP contribution is 2.32. The normalized spacial score (nSPS) is 10.3. The highest BCUT2D eigenvalue weighted by Gasteiger charge is 2.13. The van der Waals surface area contributed by atoms with E-state index in [1.807, 2.05) is 0 Å². The second-order valence-electron chi connectivity index (χ2n) is 3.06. The number of hydrogen-bond donors (Lipinski definition) is 1. The van der Waals surface area contributed by atoms with E-state index >= 15 is 0 Å². The van der Waals surface area contributed by atoms with E-state index in [0.717, 1.165) is 7.57 Å². The van der Waals surface area contributed by atoms with Crippen LogP contribution in [0.4, 0.5) is 10.1 Å². The lowest BCUT2D eigenvalue weighted by atomic mass is 10.3. The summed E-state index contributed by atoms with van der Waals surface area (Å²) in [5.74, 6) is -0.852. The van der Waals surface area contributed by atoms with Gasteiger partial charge in [-0.1, -0.05) is 0 Å². The van der Waals surface area contributed by atoms with Crippen LogP contribution in [0.2, 0.25) is 0 Å². The molecule has 3 nitrogen and oxygen atoms in total. The largest absolute Gasteiger partial charge is 0.321 e. The van der Waals surface area contributed by atoms with E-state index in [4.69, 9.17) is 0 Å². The maximum atomic E-state index is 12.6. The molecule has 0 aromatic carbocycles. The Morgan fingerprint density at radius 3 is 2.71 bits per heavy atom. The molecule has 0 aliphatic carbocycles. The van der Waals surface area contributed by atoms with Crippen molar-refractivity contribution in [2.75, 3.05) is 5.32 Å². The monoisotopic (exact) mass is 378 g/mol. The number of aromatic nitrogens is 1. The van der Waals surface area contributed by atoms with E-state index in [0.29, 0.717) is 11.3 Å². The maximum absolute atomic E-state index is 12.6. The summed E-state index contributed by atoms with van der Waals surface area (Å²) in [5, 5.41) is 2.63. The van der Waals surface area contributed by atoms with E-state index in [2.05, 4.69) is 42.2 Å². The van der Waals surface area contributed by atoms with Gasteiger partial charge in [0.05, 0.1) is 25.0 Å². The lowest BCUT2D eigenvalue weighted by Gasteiger charge is -2.03. The Kier molecular flexibility index (Phi) is 3.90. The van der Waals surface area contributed by atoms with Gasteiger partial charge in [0.25, 0.3) is 5.91 Å². The fourth-order valence-corrected chi connectivity index (χ4v) is 3.94. The number of anilines is 1. The number of nitrogens with zero attached hydrogens (tertiary/aromatic N) is 1. The van der Waals surface area contributed by atoms with E-state index in [1.54, 1.807) is 6.07 Å². The number of pyridine rings is 1. The Hall–Kier alpha value is -0.790. The molecule has 0 atom stereocenters. The average molecular weight is 380 g/mol. The summed E-state index contributed by atoms with van der Waals surface area (Å²) in [4.78, 5) is 15.3. The van der Waals surface area contributed by atoms with Crippen molar-refractivity contribution in [3.05, 3.63) is 43.5 Å². The van der Waals surface area contributed by atoms with Crippen LogP contribution in [0.25, 0.3) is 0 Å². The van der Waals surface area contributed by atoms with Crippen LogP contribution in [0.3, 0.4) is 0 Å². The number of rotatable bonds is 2. The van der Waals surface area contributed by atoms with Crippen LogP contribution in [-0.4, -0.2) is 10.9 Å². The molecule has 0 unspecified atom stereocenters. The second-order valence-corrected chi connectivity index (χ2v) is 6.81. The molecule has 0 aliphatic rings. The van der Waals surface area contributed by atoms with Crippen molar-refractivity contribution in [1.29, 1.82) is 0 Å². The summed E-state index contributed by atoms with van der Waals surface area (Å²) in [6, 6.07) is 4.35. The Morgan fingerprint density at radius 1 is 1.41 bits per heavy atom. The van der Waals surface area contributed by atoms with Gasteiger partial charge in [-0.2, -0.15) is 4.39 Å². The minimum Gasteiger partial charge on any atom is -0.321 e. The van der Waals surface area contributed by atoms with E-state index < -0.39 is 5.95 Å². The van der Waals surface area contributed by atoms with Crippen LogP contribution in [0.1, 0.15) is 10.4 Å². The summed E-state index contributed by atoms with van der Waals surface area (Å²) in [6.45, 7) is 0. The molecule has 88 valence electrons. The van der Waals surface area contributed by atoms with E-state index in [9.17, 15) is 9.18 Å². The first-order valence-corrected chi connectivity index (χ1v) is 6.84. The molecule has 2 aromatic heterocycles. The summed E-state index contributed by atoms with van der Waals surface area (Å²) in [7, 11) is 0. The number of halogens is 3. The van der Waals surface area contributed by atoms with Crippen molar-refractivity contribution < 1.29 is 9.18 Å². The second kappa shape index (κ2) is 5.24. The average Bonchev–Trinajstić information content (AvgIpc) is 2.61. The van der Waals surface area contributed by atoms with Gasteiger partial charge in [-0.3, -0.25) is 4.79 Å². The number of thiophene rings is 1. The quantitative estimate of drug-likeness (QED) is 0.799. The van der Waals surface area contributed by atoms with E-state index in [1.165, 1.54) is 29.7 Å². The predicted molar refractivity (Wildman–Crippen MR) is 71.9 cm³/mol. The summed E-state index contributed by atoms with van der Waals surface area (Å²) in [6.07, 6.45) is 1.27. The molecule has 7 heteroatoms. The lowest BCUT2D eigenvalue weighted by molar-refractivity contribution is 0.102. The first-order valence-electron chi connectivity index (χ1n) is 4.44. The van der Waals surface area contributed by atoms with Gasteiger partial charge < -0.3 is 5.32 Å². The van der Waals surface area contributed by atoms with Crippen molar-refractivity contribution >= 4 is 54.8 Å². The van der Waals surface area contributed by atoms with Crippen LogP contribution in [0, 0.1) is 5.95 Å². The Morgan fingerprint density at radius 2 is 2.18 bits per heavy atom. The molecule has 0 aliphatic heterocycles. The third-order valence-corrected chi connectivity index (χ3v) is 4.23. The summed E-state index contributed by atoms with van der Waals surface area (Å²) in [5.41, 5.74) is 0.969. The van der Waals surface area contributed by atoms with Crippen LogP contribution < -0.4 is 5.32 Å². The molecule has 1 amide bonds. The molecule has 17 heavy (non-hydrogen) atoms. The predicted octanol–water partition coefficient (Wildman–Crippen LogP) is 4.06. The van der Waals surface area contributed by atoms with Crippen molar-refractivity contribution in [2.45, 2.75) is 0 Å². The fraction of sp³-hybridized carbons (Fsp3) is 0. The van der Waals surface area contributed by atoms with Gasteiger partial charge in [-0.25, -0.2) is 4.98 Å². The molecule has 0 saturated heterocycles. The Labute approximate surface area is 117 Å². The van der Waals surface area contributed by atoms with Gasteiger partial charge in [0.15, 0.2) is 0 Å². The third kappa shape index (κ3) is 3.11. The minimum atomic E-state index is -0.581. The number of nitrogens with one attached hydrogen (secondary N) is 1. The molecule has 2 heterocycles. The molecular formula is C10H5Br2FN2OS. The van der Waals surface area contributed by atoms with Crippen LogP contribution >= 0.6 is 43.2 Å². The molecule has 0 spiro atoms. The van der Waals surface area contributed by atoms with Gasteiger partial charge >= 0.3 is 0 Å². The van der Waals surface area contributed by atoms with Crippen LogP contribution in [0.5, 0.6) is 0 Å². The smallest absolute Gasteiger partial charge is 0.257 e. The number of carbonyl (C=O) groups is 1. The van der Waals surface area contributed by atoms with Gasteiger partial charge in [-0.15, -0.1) is 11.3 Å². The van der Waals surface area contributed by atoms with Crippen molar-refractivity contribution in [3.63, 3.8) is 0 Å². The van der Waals surface area contributed by atoms with Gasteiger partial charge in [-0.05, 0) is 50.1 Å². The maximum Gasteiger partial charge on any atom is 0.257 e. The first kappa shape index (κ1) is 12.7. The zero-order chi connectivity index (χ0) is 12.4. The van der Waals surface area contributed by atoms with Crippen LogP contribution in [-0.2, 0) is 0 Å². The minimum absolute atomic E-state index is 0.271. The lowest BCUT2D eigenvalue weighted by Crippen LogP contribution is -2.11. The van der Waals surface area contributed by atoms with Gasteiger partial charge in [0.1, 0.15) is 0 Å². The first-order chi connectivity index (χ1) is 8.06. The summed E-state index contributed by atoms with van der Waals surface area (Å²) >= 11 is 7.99. The molecule has 0 saturated carbocycles. The SMILES string of the molecule is O=C(Nc1ccc(F)nc1)c1cc(Br)sc1Br. The third-order valence-electron chi connectivity index (χ3n) is 1.89. The standard InChI is InChI=1S/C10H5Br2FN2OS/c11-7-3-6(9(12)17-7)10(16)15-5-1-2-8(13)14-4-5/h1-4H,(H,15,16). The number of amides is 1. The number of hydrogen-bond acceptors (Lipinski definition) is 3. The molecule has 0 bridgehead atoms. The fourth-order valence-electron chi connectivity index (χ4n) is 1.14. The van der Waals surface area contributed by atoms with Gasteiger partial charge in [0.2, 0.25) is 5.95 Å². The molecule has 0 radical (unpaired) electrons. The van der Waals surface area contributed by atoms with Crippen LogP contribution in [0.15, 0.2) is 32.0 Å². The highest BCUT2D eigenvalue weighted by molar-refractivity contribution is 9.12. The van der Waals surface area contributed by atoms with Crippen molar-refractivity contribution in [1.82, 2.24) is 4.98 Å².